The van der Waals surface area contributed by atoms with Crippen LogP contribution in [0, 0.1) is 0 Å². The third-order valence-corrected chi connectivity index (χ3v) is 8.48. The van der Waals surface area contributed by atoms with Crippen molar-refractivity contribution < 1.29 is 4.89 Å². The third kappa shape index (κ3) is 15.6. The highest BCUT2D eigenvalue weighted by atomic mass is 31.2. The van der Waals surface area contributed by atoms with E-state index in [1.54, 1.807) is 0 Å². The number of unbranched alkanes of at least 4 members (excludes halogenated alkanes) is 12. The van der Waals surface area contributed by atoms with Crippen LogP contribution >= 0.6 is 7.49 Å². The molecule has 0 bridgehead atoms. The fourth-order valence-electron chi connectivity index (χ4n) is 3.36. The van der Waals surface area contributed by atoms with Crippen LogP contribution in [0.3, 0.4) is 0 Å². The molecule has 140 valence electrons. The van der Waals surface area contributed by atoms with Crippen molar-refractivity contribution in [2.24, 2.45) is 0 Å². The SMILES string of the molecule is CCCCCCC[P+](O)(CCCCCCC)CCCCCCC. The van der Waals surface area contributed by atoms with Gasteiger partial charge in [-0.25, -0.2) is 0 Å². The van der Waals surface area contributed by atoms with Gasteiger partial charge in [-0.3, -0.25) is 4.89 Å². The first-order valence-corrected chi connectivity index (χ1v) is 13.1. The summed E-state index contributed by atoms with van der Waals surface area (Å²) >= 11 is 0. The van der Waals surface area contributed by atoms with Gasteiger partial charge < -0.3 is 0 Å². The van der Waals surface area contributed by atoms with Gasteiger partial charge in [0.05, 0.1) is 18.5 Å². The molecule has 0 rings (SSSR count). The second-order valence-electron chi connectivity index (χ2n) is 7.51. The van der Waals surface area contributed by atoms with Crippen molar-refractivity contribution in [1.82, 2.24) is 0 Å². The van der Waals surface area contributed by atoms with Crippen molar-refractivity contribution in [2.75, 3.05) is 18.5 Å². The van der Waals surface area contributed by atoms with E-state index in [-0.39, 0.29) is 0 Å². The summed E-state index contributed by atoms with van der Waals surface area (Å²) in [6.45, 7) is 6.82. The molecule has 0 amide bonds. The highest BCUT2D eigenvalue weighted by molar-refractivity contribution is 7.70. The van der Waals surface area contributed by atoms with Gasteiger partial charge in [-0.1, -0.05) is 78.6 Å². The molecule has 0 aromatic heterocycles. The summed E-state index contributed by atoms with van der Waals surface area (Å²) in [4.78, 5) is 11.2. The molecule has 0 fully saturated rings. The fraction of sp³-hybridized carbons (Fsp3) is 1.00. The number of hydrogen-bond donors (Lipinski definition) is 1. The summed E-state index contributed by atoms with van der Waals surface area (Å²) < 4.78 is 0. The highest BCUT2D eigenvalue weighted by Gasteiger charge is 2.33. The van der Waals surface area contributed by atoms with E-state index in [9.17, 15) is 4.89 Å². The molecular formula is C21H46OP+. The lowest BCUT2D eigenvalue weighted by Crippen LogP contribution is -2.08. The summed E-state index contributed by atoms with van der Waals surface area (Å²) in [6.07, 6.45) is 23.4. The molecule has 0 saturated carbocycles. The number of hydrogen-bond acceptors (Lipinski definition) is 1. The first kappa shape index (κ1) is 23.4. The fourth-order valence-corrected chi connectivity index (χ4v) is 6.47. The Bertz CT molecular complexity index is 194. The van der Waals surface area contributed by atoms with Crippen molar-refractivity contribution in [3.63, 3.8) is 0 Å². The molecule has 0 aliphatic carbocycles. The predicted octanol–water partition coefficient (Wildman–Crippen LogP) is 7.82. The van der Waals surface area contributed by atoms with Crippen LogP contribution in [-0.2, 0) is 0 Å². The maximum Gasteiger partial charge on any atom is 0.142 e. The summed E-state index contributed by atoms with van der Waals surface area (Å²) in [7, 11) is -1.62. The molecule has 0 aliphatic heterocycles. The first-order valence-electron chi connectivity index (χ1n) is 10.8. The Morgan fingerprint density at radius 3 is 0.957 bits per heavy atom. The molecule has 0 spiro atoms. The molecule has 0 aliphatic rings. The minimum absolute atomic E-state index is 1.15. The monoisotopic (exact) mass is 345 g/mol. The molecule has 0 aromatic rings. The normalized spacial score (nSPS) is 12.0. The van der Waals surface area contributed by atoms with Crippen molar-refractivity contribution in [2.45, 2.75) is 117 Å². The van der Waals surface area contributed by atoms with Gasteiger partial charge >= 0.3 is 0 Å². The van der Waals surface area contributed by atoms with Crippen molar-refractivity contribution >= 4 is 7.49 Å². The molecule has 1 nitrogen and oxygen atoms in total. The maximum atomic E-state index is 11.2. The van der Waals surface area contributed by atoms with Crippen molar-refractivity contribution in [1.29, 1.82) is 0 Å². The zero-order chi connectivity index (χ0) is 17.2. The van der Waals surface area contributed by atoms with Gasteiger partial charge in [-0.05, 0) is 38.5 Å². The van der Waals surface area contributed by atoms with Gasteiger partial charge in [0.25, 0.3) is 0 Å². The minimum Gasteiger partial charge on any atom is -0.252 e. The van der Waals surface area contributed by atoms with Crippen LogP contribution in [0.2, 0.25) is 0 Å². The Morgan fingerprint density at radius 2 is 0.696 bits per heavy atom. The van der Waals surface area contributed by atoms with Gasteiger partial charge in [-0.15, -0.1) is 0 Å². The van der Waals surface area contributed by atoms with E-state index in [1.807, 2.05) is 0 Å². The van der Waals surface area contributed by atoms with E-state index in [2.05, 4.69) is 20.8 Å². The molecule has 0 atom stereocenters. The van der Waals surface area contributed by atoms with E-state index < -0.39 is 7.49 Å². The van der Waals surface area contributed by atoms with E-state index in [0.717, 1.165) is 18.5 Å². The first-order chi connectivity index (χ1) is 11.2. The van der Waals surface area contributed by atoms with E-state index in [0.29, 0.717) is 0 Å². The summed E-state index contributed by atoms with van der Waals surface area (Å²) in [5.74, 6) is 0. The highest BCUT2D eigenvalue weighted by Crippen LogP contribution is 2.56. The molecule has 0 saturated heterocycles. The molecule has 23 heavy (non-hydrogen) atoms. The summed E-state index contributed by atoms with van der Waals surface area (Å²) in [5.41, 5.74) is 0. The standard InChI is InChI=1S/C21H46OP/c1-4-7-10-13-16-19-23(22,20-17-14-11-8-5-2)21-18-15-12-9-6-3/h22H,4-21H2,1-3H3/q+1. The summed E-state index contributed by atoms with van der Waals surface area (Å²) in [6, 6.07) is 0. The molecular weight excluding hydrogens is 299 g/mol. The average molecular weight is 346 g/mol. The van der Waals surface area contributed by atoms with Crippen molar-refractivity contribution in [3.05, 3.63) is 0 Å². The Balaban J connectivity index is 4.00. The molecule has 2 heteroatoms. The lowest BCUT2D eigenvalue weighted by molar-refractivity contribution is 0.563. The Kier molecular flexibility index (Phi) is 17.5. The largest absolute Gasteiger partial charge is 0.252 e. The van der Waals surface area contributed by atoms with Crippen LogP contribution in [0.1, 0.15) is 117 Å². The Morgan fingerprint density at radius 1 is 0.435 bits per heavy atom. The van der Waals surface area contributed by atoms with Gasteiger partial charge in [0.2, 0.25) is 0 Å². The number of rotatable bonds is 18. The Hall–Kier alpha value is 0.390. The average Bonchev–Trinajstić information content (AvgIpc) is 2.54. The van der Waals surface area contributed by atoms with Gasteiger partial charge in [0.15, 0.2) is 0 Å². The second kappa shape index (κ2) is 17.2. The third-order valence-electron chi connectivity index (χ3n) is 5.03. The van der Waals surface area contributed by atoms with E-state index >= 15 is 0 Å². The molecule has 0 radical (unpaired) electrons. The predicted molar refractivity (Wildman–Crippen MR) is 110 cm³/mol. The van der Waals surface area contributed by atoms with Crippen LogP contribution in [-0.4, -0.2) is 23.4 Å². The van der Waals surface area contributed by atoms with Crippen LogP contribution < -0.4 is 0 Å². The maximum absolute atomic E-state index is 11.2. The quantitative estimate of drug-likeness (QED) is 0.198. The van der Waals surface area contributed by atoms with Crippen LogP contribution in [0.4, 0.5) is 0 Å². The Labute approximate surface area is 148 Å². The summed E-state index contributed by atoms with van der Waals surface area (Å²) in [5, 5.41) is 0. The topological polar surface area (TPSA) is 20.2 Å². The van der Waals surface area contributed by atoms with Gasteiger partial charge in [0, 0.05) is 0 Å². The lowest BCUT2D eigenvalue weighted by atomic mass is 10.2. The molecule has 0 heterocycles. The second-order valence-corrected chi connectivity index (χ2v) is 11.0. The van der Waals surface area contributed by atoms with Crippen LogP contribution in [0.25, 0.3) is 0 Å². The van der Waals surface area contributed by atoms with Gasteiger partial charge in [-0.2, -0.15) is 0 Å². The lowest BCUT2D eigenvalue weighted by Gasteiger charge is -2.20. The van der Waals surface area contributed by atoms with Crippen molar-refractivity contribution in [3.8, 4) is 0 Å². The van der Waals surface area contributed by atoms with E-state index in [1.165, 1.54) is 96.3 Å². The van der Waals surface area contributed by atoms with Crippen LogP contribution in [0.5, 0.6) is 0 Å². The van der Waals surface area contributed by atoms with Crippen LogP contribution in [0.15, 0.2) is 0 Å². The molecule has 0 unspecified atom stereocenters. The van der Waals surface area contributed by atoms with Gasteiger partial charge in [0.1, 0.15) is 7.49 Å². The molecule has 1 N–H and O–H groups in total. The zero-order valence-electron chi connectivity index (χ0n) is 16.6. The zero-order valence-corrected chi connectivity index (χ0v) is 17.5. The van der Waals surface area contributed by atoms with E-state index in [4.69, 9.17) is 0 Å². The molecule has 0 aromatic carbocycles. The smallest absolute Gasteiger partial charge is 0.142 e. The minimum atomic E-state index is -1.62.